The molecule has 2 aromatic heterocycles. The molecule has 0 spiro atoms. The second kappa shape index (κ2) is 7.39. The number of carbonyl (C=O) groups is 1. The lowest BCUT2D eigenvalue weighted by Crippen LogP contribution is -2.18. The highest BCUT2D eigenvalue weighted by atomic mass is 16.5. The van der Waals surface area contributed by atoms with E-state index in [4.69, 9.17) is 4.74 Å². The van der Waals surface area contributed by atoms with E-state index in [-0.39, 0.29) is 11.9 Å². The van der Waals surface area contributed by atoms with Gasteiger partial charge in [0.25, 0.3) is 5.91 Å². The quantitative estimate of drug-likeness (QED) is 0.752. The minimum atomic E-state index is -0.177. The van der Waals surface area contributed by atoms with Gasteiger partial charge in [-0.3, -0.25) is 4.79 Å². The number of aromatic nitrogens is 3. The van der Waals surface area contributed by atoms with Gasteiger partial charge in [0.15, 0.2) is 0 Å². The molecule has 0 aliphatic rings. The number of hydrogen-bond acceptors (Lipinski definition) is 4. The van der Waals surface area contributed by atoms with E-state index in [9.17, 15) is 4.79 Å². The van der Waals surface area contributed by atoms with Crippen molar-refractivity contribution in [2.24, 2.45) is 0 Å². The van der Waals surface area contributed by atoms with E-state index in [1.165, 1.54) is 0 Å². The lowest BCUT2D eigenvalue weighted by atomic mass is 10.0. The van der Waals surface area contributed by atoms with E-state index >= 15 is 0 Å². The van der Waals surface area contributed by atoms with Crippen molar-refractivity contribution >= 4 is 11.6 Å². The van der Waals surface area contributed by atoms with Gasteiger partial charge in [0.05, 0.1) is 19.6 Å². The monoisotopic (exact) mass is 350 g/mol. The second-order valence-electron chi connectivity index (χ2n) is 6.35. The molecule has 0 radical (unpaired) electrons. The van der Waals surface area contributed by atoms with Crippen LogP contribution in [0.4, 0.5) is 5.69 Å². The van der Waals surface area contributed by atoms with Crippen LogP contribution in [0.3, 0.4) is 0 Å². The van der Waals surface area contributed by atoms with Crippen molar-refractivity contribution in [1.29, 1.82) is 0 Å². The first-order chi connectivity index (χ1) is 12.5. The smallest absolute Gasteiger partial charge is 0.273 e. The fourth-order valence-corrected chi connectivity index (χ4v) is 2.69. The lowest BCUT2D eigenvalue weighted by molar-refractivity contribution is 0.101. The molecule has 1 amide bonds. The molecule has 1 aromatic carbocycles. The predicted octanol–water partition coefficient (Wildman–Crippen LogP) is 4.10. The normalized spacial score (nSPS) is 10.8. The van der Waals surface area contributed by atoms with E-state index in [2.05, 4.69) is 15.3 Å². The lowest BCUT2D eigenvalue weighted by Gasteiger charge is -2.14. The molecule has 0 fully saturated rings. The summed E-state index contributed by atoms with van der Waals surface area (Å²) in [6.07, 6.45) is 5.01. The van der Waals surface area contributed by atoms with Gasteiger partial charge in [0.1, 0.15) is 5.69 Å². The number of imidazole rings is 1. The molecule has 6 heteroatoms. The summed E-state index contributed by atoms with van der Waals surface area (Å²) in [6, 6.07) is 9.86. The van der Waals surface area contributed by atoms with Crippen LogP contribution in [0.15, 0.2) is 49.1 Å². The average molecular weight is 350 g/mol. The Morgan fingerprint density at radius 3 is 2.58 bits per heavy atom. The number of amides is 1. The van der Waals surface area contributed by atoms with Crippen LogP contribution in [0.2, 0.25) is 0 Å². The minimum absolute atomic E-state index is 0.163. The molecule has 3 rings (SSSR count). The van der Waals surface area contributed by atoms with Gasteiger partial charge in [-0.05, 0) is 44.0 Å². The Labute approximate surface area is 152 Å². The van der Waals surface area contributed by atoms with E-state index in [1.54, 1.807) is 25.8 Å². The largest absolute Gasteiger partial charge is 0.481 e. The fourth-order valence-electron chi connectivity index (χ4n) is 2.69. The number of nitrogens with one attached hydrogen (secondary N) is 1. The summed E-state index contributed by atoms with van der Waals surface area (Å²) in [7, 11) is 1.59. The number of anilines is 1. The number of methoxy groups -OCH3 is 1. The topological polar surface area (TPSA) is 69.0 Å². The maximum absolute atomic E-state index is 12.7. The van der Waals surface area contributed by atoms with Crippen LogP contribution in [0, 0.1) is 6.92 Å². The standard InChI is InChI=1S/C20H22N4O2/c1-13(2)24-12-21-11-18(24)20(25)23-17-9-15(6-5-14(17)3)16-7-8-19(26-4)22-10-16/h5-13H,1-4H3,(H,23,25). The van der Waals surface area contributed by atoms with Gasteiger partial charge in [-0.2, -0.15) is 0 Å². The Balaban J connectivity index is 1.88. The third-order valence-corrected chi connectivity index (χ3v) is 4.22. The molecule has 0 saturated heterocycles. The fraction of sp³-hybridized carbons (Fsp3) is 0.250. The van der Waals surface area contributed by atoms with Gasteiger partial charge in [0, 0.05) is 29.6 Å². The van der Waals surface area contributed by atoms with E-state index in [0.29, 0.717) is 11.6 Å². The SMILES string of the molecule is COc1ccc(-c2ccc(C)c(NC(=O)c3cncn3C(C)C)c2)cn1. The predicted molar refractivity (Wildman–Crippen MR) is 102 cm³/mol. The first-order valence-electron chi connectivity index (χ1n) is 8.44. The van der Waals surface area contributed by atoms with Gasteiger partial charge in [-0.1, -0.05) is 12.1 Å². The number of hydrogen-bond donors (Lipinski definition) is 1. The molecule has 3 aromatic rings. The second-order valence-corrected chi connectivity index (χ2v) is 6.35. The van der Waals surface area contributed by atoms with E-state index < -0.39 is 0 Å². The average Bonchev–Trinajstić information content (AvgIpc) is 3.14. The third kappa shape index (κ3) is 3.59. The Bertz CT molecular complexity index is 914. The molecule has 0 atom stereocenters. The van der Waals surface area contributed by atoms with Gasteiger partial charge < -0.3 is 14.6 Å². The molecule has 2 heterocycles. The van der Waals surface area contributed by atoms with Crippen LogP contribution >= 0.6 is 0 Å². The summed E-state index contributed by atoms with van der Waals surface area (Å²) in [4.78, 5) is 21.0. The molecule has 0 aliphatic heterocycles. The van der Waals surface area contributed by atoms with Crippen LogP contribution in [0.25, 0.3) is 11.1 Å². The van der Waals surface area contributed by atoms with Crippen molar-refractivity contribution in [3.05, 3.63) is 60.3 Å². The molecule has 134 valence electrons. The maximum atomic E-state index is 12.7. The van der Waals surface area contributed by atoms with E-state index in [0.717, 1.165) is 22.4 Å². The van der Waals surface area contributed by atoms with Gasteiger partial charge in [0.2, 0.25) is 5.88 Å². The highest BCUT2D eigenvalue weighted by Gasteiger charge is 2.15. The zero-order chi connectivity index (χ0) is 18.7. The molecule has 6 nitrogen and oxygen atoms in total. The third-order valence-electron chi connectivity index (χ3n) is 4.22. The Kier molecular flexibility index (Phi) is 5.02. The first-order valence-corrected chi connectivity index (χ1v) is 8.44. The van der Waals surface area contributed by atoms with Gasteiger partial charge in [-0.25, -0.2) is 9.97 Å². The summed E-state index contributed by atoms with van der Waals surface area (Å²) < 4.78 is 6.95. The molecular weight excluding hydrogens is 328 g/mol. The first kappa shape index (κ1) is 17.7. The maximum Gasteiger partial charge on any atom is 0.273 e. The molecule has 1 N–H and O–H groups in total. The number of carbonyl (C=O) groups excluding carboxylic acids is 1. The number of nitrogens with zero attached hydrogens (tertiary/aromatic N) is 3. The summed E-state index contributed by atoms with van der Waals surface area (Å²) in [6.45, 7) is 5.99. The van der Waals surface area contributed by atoms with Crippen molar-refractivity contribution in [1.82, 2.24) is 14.5 Å². The van der Waals surface area contributed by atoms with Crippen LogP contribution in [0.5, 0.6) is 5.88 Å². The van der Waals surface area contributed by atoms with Crippen LogP contribution < -0.4 is 10.1 Å². The van der Waals surface area contributed by atoms with Gasteiger partial charge in [-0.15, -0.1) is 0 Å². The number of pyridine rings is 1. The molecule has 0 unspecified atom stereocenters. The number of aryl methyl sites for hydroxylation is 1. The molecule has 26 heavy (non-hydrogen) atoms. The molecule has 0 bridgehead atoms. The molecular formula is C20H22N4O2. The van der Waals surface area contributed by atoms with Crippen molar-refractivity contribution in [2.75, 3.05) is 12.4 Å². The van der Waals surface area contributed by atoms with Crippen molar-refractivity contribution < 1.29 is 9.53 Å². The summed E-state index contributed by atoms with van der Waals surface area (Å²) in [5.74, 6) is 0.389. The zero-order valence-electron chi connectivity index (χ0n) is 15.4. The van der Waals surface area contributed by atoms with Gasteiger partial charge >= 0.3 is 0 Å². The van der Waals surface area contributed by atoms with Crippen molar-refractivity contribution in [3.8, 4) is 17.0 Å². The Morgan fingerprint density at radius 1 is 1.15 bits per heavy atom. The minimum Gasteiger partial charge on any atom is -0.481 e. The van der Waals surface area contributed by atoms with E-state index in [1.807, 2.05) is 55.7 Å². The Hall–Kier alpha value is -3.15. The molecule has 0 aliphatic carbocycles. The number of ether oxygens (including phenoxy) is 1. The van der Waals surface area contributed by atoms with Crippen molar-refractivity contribution in [2.45, 2.75) is 26.8 Å². The highest BCUT2D eigenvalue weighted by Crippen LogP contribution is 2.26. The molecule has 0 saturated carbocycles. The van der Waals surface area contributed by atoms with Crippen LogP contribution in [0.1, 0.15) is 35.9 Å². The van der Waals surface area contributed by atoms with Crippen molar-refractivity contribution in [3.63, 3.8) is 0 Å². The number of rotatable bonds is 5. The summed E-state index contributed by atoms with van der Waals surface area (Å²) >= 11 is 0. The van der Waals surface area contributed by atoms with Crippen LogP contribution in [-0.2, 0) is 0 Å². The zero-order valence-corrected chi connectivity index (χ0v) is 15.4. The Morgan fingerprint density at radius 2 is 1.92 bits per heavy atom. The van der Waals surface area contributed by atoms with Crippen LogP contribution in [-0.4, -0.2) is 27.6 Å². The summed E-state index contributed by atoms with van der Waals surface area (Å²) in [5.41, 5.74) is 4.21. The number of benzene rings is 1. The highest BCUT2D eigenvalue weighted by molar-refractivity contribution is 6.03. The summed E-state index contributed by atoms with van der Waals surface area (Å²) in [5, 5.41) is 3.00.